The first-order valence-electron chi connectivity index (χ1n) is 12.9. The molecule has 0 atom stereocenters. The summed E-state index contributed by atoms with van der Waals surface area (Å²) in [5, 5.41) is 0.631. The van der Waals surface area contributed by atoms with Crippen LogP contribution in [-0.4, -0.2) is 40.3 Å². The third kappa shape index (κ3) is 6.41. The zero-order chi connectivity index (χ0) is 24.0. The van der Waals surface area contributed by atoms with E-state index in [9.17, 15) is 0 Å². The molecule has 1 aromatic heterocycles. The summed E-state index contributed by atoms with van der Waals surface area (Å²) in [6.45, 7) is 14.7. The summed E-state index contributed by atoms with van der Waals surface area (Å²) < 4.78 is 7.83. The summed E-state index contributed by atoms with van der Waals surface area (Å²) in [5.74, 6) is 1.77. The average molecular weight is 474 g/mol. The highest BCUT2D eigenvalue weighted by molar-refractivity contribution is 6.30. The zero-order valence-corrected chi connectivity index (χ0v) is 22.5. The van der Waals surface area contributed by atoms with Crippen LogP contribution >= 0.6 is 11.6 Å². The van der Waals surface area contributed by atoms with Crippen LogP contribution in [0.25, 0.3) is 11.4 Å². The lowest BCUT2D eigenvalue weighted by molar-refractivity contribution is 0.0902. The first kappa shape index (κ1) is 26.2. The second-order valence-electron chi connectivity index (χ2n) is 10.5. The Kier molecular flexibility index (Phi) is 9.43. The molecular formula is C28H44ClN3O. The molecule has 3 rings (SSSR count). The highest BCUT2D eigenvalue weighted by Gasteiger charge is 2.29. The Labute approximate surface area is 206 Å². The molecule has 1 aromatic carbocycles. The van der Waals surface area contributed by atoms with Gasteiger partial charge in [0.1, 0.15) is 5.82 Å². The number of benzene rings is 1. The Morgan fingerprint density at radius 2 is 1.73 bits per heavy atom. The molecule has 33 heavy (non-hydrogen) atoms. The standard InChI is InChI=1S/C28H44ClN3O/c1-7-22-15-12-16-23(8-2)25(22)27-30-26(29)24(32(27)17-18-33-6)20-31(28(3,4)5)19-21-13-10-9-11-14-21/h12,15-16,21H,7-11,13-14,17-20H2,1-6H3. The fourth-order valence-corrected chi connectivity index (χ4v) is 5.43. The molecule has 0 amide bonds. The van der Waals surface area contributed by atoms with E-state index in [1.165, 1.54) is 48.8 Å². The average Bonchev–Trinajstić information content (AvgIpc) is 3.11. The van der Waals surface area contributed by atoms with Crippen LogP contribution in [0.3, 0.4) is 0 Å². The summed E-state index contributed by atoms with van der Waals surface area (Å²) in [5.41, 5.74) is 5.09. The topological polar surface area (TPSA) is 30.3 Å². The molecule has 5 heteroatoms. The van der Waals surface area contributed by atoms with Gasteiger partial charge in [-0.2, -0.15) is 0 Å². The van der Waals surface area contributed by atoms with Gasteiger partial charge in [-0.25, -0.2) is 4.98 Å². The van der Waals surface area contributed by atoms with Gasteiger partial charge in [0.2, 0.25) is 0 Å². The van der Waals surface area contributed by atoms with Gasteiger partial charge in [-0.1, -0.05) is 62.9 Å². The second kappa shape index (κ2) is 11.9. The van der Waals surface area contributed by atoms with Crippen LogP contribution in [0.4, 0.5) is 0 Å². The lowest BCUT2D eigenvalue weighted by Crippen LogP contribution is -2.44. The molecule has 0 N–H and O–H groups in total. The van der Waals surface area contributed by atoms with Crippen molar-refractivity contribution in [2.24, 2.45) is 5.92 Å². The predicted molar refractivity (Wildman–Crippen MR) is 140 cm³/mol. The number of imidazole rings is 1. The van der Waals surface area contributed by atoms with Crippen molar-refractivity contribution in [3.8, 4) is 11.4 Å². The first-order valence-corrected chi connectivity index (χ1v) is 13.3. The second-order valence-corrected chi connectivity index (χ2v) is 10.9. The Balaban J connectivity index is 2.04. The van der Waals surface area contributed by atoms with Crippen LogP contribution in [0, 0.1) is 5.92 Å². The number of methoxy groups -OCH3 is 1. The third-order valence-electron chi connectivity index (χ3n) is 7.26. The molecule has 0 radical (unpaired) electrons. The summed E-state index contributed by atoms with van der Waals surface area (Å²) in [6.07, 6.45) is 8.77. The molecular weight excluding hydrogens is 430 g/mol. The molecule has 2 aromatic rings. The van der Waals surface area contributed by atoms with Gasteiger partial charge >= 0.3 is 0 Å². The molecule has 4 nitrogen and oxygen atoms in total. The Morgan fingerprint density at radius 1 is 1.09 bits per heavy atom. The van der Waals surface area contributed by atoms with E-state index >= 15 is 0 Å². The van der Waals surface area contributed by atoms with E-state index in [1.807, 2.05) is 0 Å². The number of hydrogen-bond donors (Lipinski definition) is 0. The van der Waals surface area contributed by atoms with Crippen LogP contribution in [-0.2, 0) is 30.7 Å². The number of rotatable bonds is 10. The van der Waals surface area contributed by atoms with Gasteiger partial charge in [0.05, 0.1) is 12.3 Å². The number of aromatic nitrogens is 2. The van der Waals surface area contributed by atoms with Crippen molar-refractivity contribution in [2.45, 2.75) is 98.2 Å². The van der Waals surface area contributed by atoms with Crippen molar-refractivity contribution >= 4 is 11.6 Å². The van der Waals surface area contributed by atoms with Crippen molar-refractivity contribution in [1.29, 1.82) is 0 Å². The zero-order valence-electron chi connectivity index (χ0n) is 21.7. The van der Waals surface area contributed by atoms with Crippen LogP contribution in [0.2, 0.25) is 5.15 Å². The normalized spacial score (nSPS) is 15.5. The molecule has 0 spiro atoms. The Morgan fingerprint density at radius 3 is 2.27 bits per heavy atom. The molecule has 0 aliphatic heterocycles. The summed E-state index contributed by atoms with van der Waals surface area (Å²) in [7, 11) is 1.76. The number of nitrogens with zero attached hydrogens (tertiary/aromatic N) is 3. The lowest BCUT2D eigenvalue weighted by Gasteiger charge is -2.39. The quantitative estimate of drug-likeness (QED) is 0.366. The number of aryl methyl sites for hydroxylation is 2. The van der Waals surface area contributed by atoms with E-state index in [0.29, 0.717) is 11.8 Å². The van der Waals surface area contributed by atoms with Crippen molar-refractivity contribution in [3.05, 3.63) is 40.2 Å². The third-order valence-corrected chi connectivity index (χ3v) is 7.56. The molecule has 1 fully saturated rings. The van der Waals surface area contributed by atoms with Crippen molar-refractivity contribution in [1.82, 2.24) is 14.5 Å². The van der Waals surface area contributed by atoms with Gasteiger partial charge in [-0.05, 0) is 63.5 Å². The molecule has 0 unspecified atom stereocenters. The van der Waals surface area contributed by atoms with Crippen LogP contribution < -0.4 is 0 Å². The van der Waals surface area contributed by atoms with Gasteiger partial charge in [-0.15, -0.1) is 0 Å². The molecule has 0 saturated heterocycles. The van der Waals surface area contributed by atoms with Gasteiger partial charge in [0.15, 0.2) is 5.15 Å². The van der Waals surface area contributed by atoms with E-state index in [-0.39, 0.29) is 5.54 Å². The van der Waals surface area contributed by atoms with Crippen molar-refractivity contribution in [2.75, 3.05) is 20.3 Å². The van der Waals surface area contributed by atoms with E-state index in [0.717, 1.165) is 49.9 Å². The minimum atomic E-state index is 0.0627. The lowest BCUT2D eigenvalue weighted by atomic mass is 9.88. The summed E-state index contributed by atoms with van der Waals surface area (Å²) in [6, 6.07) is 6.61. The van der Waals surface area contributed by atoms with Crippen LogP contribution in [0.1, 0.15) is 83.5 Å². The maximum Gasteiger partial charge on any atom is 0.152 e. The van der Waals surface area contributed by atoms with Gasteiger partial charge in [0, 0.05) is 37.8 Å². The van der Waals surface area contributed by atoms with Crippen molar-refractivity contribution in [3.63, 3.8) is 0 Å². The molecule has 184 valence electrons. The maximum atomic E-state index is 6.91. The Bertz CT molecular complexity index is 871. The molecule has 1 aliphatic carbocycles. The molecule has 1 aliphatic rings. The number of halogens is 1. The minimum Gasteiger partial charge on any atom is -0.383 e. The SMILES string of the molecule is CCc1cccc(CC)c1-c1nc(Cl)c(CN(CC2CCCCC2)C(C)(C)C)n1CCOC. The van der Waals surface area contributed by atoms with E-state index in [2.05, 4.69) is 62.3 Å². The highest BCUT2D eigenvalue weighted by atomic mass is 35.5. The summed E-state index contributed by atoms with van der Waals surface area (Å²) in [4.78, 5) is 7.60. The van der Waals surface area contributed by atoms with Gasteiger partial charge in [0.25, 0.3) is 0 Å². The summed E-state index contributed by atoms with van der Waals surface area (Å²) >= 11 is 6.91. The number of ether oxygens (including phenoxy) is 1. The van der Waals surface area contributed by atoms with E-state index in [1.54, 1.807) is 7.11 Å². The van der Waals surface area contributed by atoms with Crippen molar-refractivity contribution < 1.29 is 4.74 Å². The fraction of sp³-hybridized carbons (Fsp3) is 0.679. The smallest absolute Gasteiger partial charge is 0.152 e. The Hall–Kier alpha value is -1.36. The predicted octanol–water partition coefficient (Wildman–Crippen LogP) is 7.16. The monoisotopic (exact) mass is 473 g/mol. The molecule has 1 saturated carbocycles. The highest BCUT2D eigenvalue weighted by Crippen LogP contribution is 2.34. The fourth-order valence-electron chi connectivity index (χ4n) is 5.19. The molecule has 0 bridgehead atoms. The number of hydrogen-bond acceptors (Lipinski definition) is 3. The van der Waals surface area contributed by atoms with Crippen LogP contribution in [0.5, 0.6) is 0 Å². The van der Waals surface area contributed by atoms with Gasteiger partial charge in [-0.3, -0.25) is 4.90 Å². The van der Waals surface area contributed by atoms with Gasteiger partial charge < -0.3 is 9.30 Å². The van der Waals surface area contributed by atoms with E-state index in [4.69, 9.17) is 21.3 Å². The van der Waals surface area contributed by atoms with Crippen LogP contribution in [0.15, 0.2) is 18.2 Å². The maximum absolute atomic E-state index is 6.91. The molecule has 1 heterocycles. The van der Waals surface area contributed by atoms with E-state index < -0.39 is 0 Å². The minimum absolute atomic E-state index is 0.0627. The first-order chi connectivity index (χ1) is 15.8. The largest absolute Gasteiger partial charge is 0.383 e.